The van der Waals surface area contributed by atoms with Gasteiger partial charge in [0.15, 0.2) is 0 Å². The lowest BCUT2D eigenvalue weighted by Crippen LogP contribution is -2.28. The molecule has 0 spiro atoms. The van der Waals surface area contributed by atoms with Crippen molar-refractivity contribution in [1.82, 2.24) is 0 Å². The van der Waals surface area contributed by atoms with E-state index < -0.39 is 0 Å². The lowest BCUT2D eigenvalue weighted by atomic mass is 9.82. The number of anilines is 1. The second kappa shape index (κ2) is 5.42. The average molecular weight is 247 g/mol. The molecular weight excluding hydrogens is 226 g/mol. The monoisotopic (exact) mass is 247 g/mol. The molecule has 1 saturated carbocycles. The summed E-state index contributed by atoms with van der Waals surface area (Å²) in [6, 6.07) is 6.88. The summed E-state index contributed by atoms with van der Waals surface area (Å²) < 4.78 is 5.58. The minimum Gasteiger partial charge on any atom is -0.459 e. The first kappa shape index (κ1) is 12.9. The number of esters is 1. The summed E-state index contributed by atoms with van der Waals surface area (Å²) in [6.07, 6.45) is 3.25. The van der Waals surface area contributed by atoms with Gasteiger partial charge in [-0.2, -0.15) is 0 Å². The van der Waals surface area contributed by atoms with Gasteiger partial charge in [0, 0.05) is 5.69 Å². The Balaban J connectivity index is 1.96. The van der Waals surface area contributed by atoms with Crippen molar-refractivity contribution in [2.75, 3.05) is 5.73 Å². The number of carbonyl (C=O) groups excluding carboxylic acids is 1. The van der Waals surface area contributed by atoms with Gasteiger partial charge in [0.25, 0.3) is 0 Å². The van der Waals surface area contributed by atoms with Gasteiger partial charge in [-0.05, 0) is 55.4 Å². The smallest absolute Gasteiger partial charge is 0.338 e. The summed E-state index contributed by atoms with van der Waals surface area (Å²) >= 11 is 0. The number of hydrogen-bond donors (Lipinski definition) is 1. The molecule has 1 fully saturated rings. The van der Waals surface area contributed by atoms with Crippen molar-refractivity contribution < 1.29 is 9.53 Å². The third-order valence-corrected chi connectivity index (χ3v) is 3.56. The Morgan fingerprint density at radius 3 is 2.22 bits per heavy atom. The second-order valence-electron chi connectivity index (χ2n) is 5.57. The van der Waals surface area contributed by atoms with Gasteiger partial charge in [0.05, 0.1) is 5.56 Å². The van der Waals surface area contributed by atoms with Gasteiger partial charge in [0.1, 0.15) is 6.10 Å². The first-order valence-corrected chi connectivity index (χ1v) is 6.61. The third-order valence-electron chi connectivity index (χ3n) is 3.56. The molecule has 0 heterocycles. The maximum absolute atomic E-state index is 12.0. The molecular formula is C15H21NO2. The van der Waals surface area contributed by atoms with Crippen molar-refractivity contribution in [2.24, 2.45) is 11.8 Å². The van der Waals surface area contributed by atoms with E-state index >= 15 is 0 Å². The van der Waals surface area contributed by atoms with E-state index in [9.17, 15) is 4.79 Å². The molecule has 0 aromatic heterocycles. The molecule has 2 rings (SSSR count). The molecule has 1 aromatic rings. The van der Waals surface area contributed by atoms with Gasteiger partial charge >= 0.3 is 5.97 Å². The highest BCUT2D eigenvalue weighted by molar-refractivity contribution is 5.89. The van der Waals surface area contributed by atoms with Gasteiger partial charge < -0.3 is 10.5 Å². The number of rotatable bonds is 2. The van der Waals surface area contributed by atoms with Crippen LogP contribution >= 0.6 is 0 Å². The molecule has 1 aliphatic rings. The van der Waals surface area contributed by atoms with Gasteiger partial charge in [-0.3, -0.25) is 0 Å². The minimum absolute atomic E-state index is 0.0637. The van der Waals surface area contributed by atoms with Crippen LogP contribution in [0, 0.1) is 11.8 Å². The van der Waals surface area contributed by atoms with Crippen LogP contribution in [0.25, 0.3) is 0 Å². The topological polar surface area (TPSA) is 52.3 Å². The summed E-state index contributed by atoms with van der Waals surface area (Å²) in [6.45, 7) is 4.44. The fourth-order valence-corrected chi connectivity index (χ4v) is 2.81. The summed E-state index contributed by atoms with van der Waals surface area (Å²) in [4.78, 5) is 12.0. The zero-order valence-electron chi connectivity index (χ0n) is 11.1. The highest BCUT2D eigenvalue weighted by atomic mass is 16.5. The predicted octanol–water partition coefficient (Wildman–Crippen LogP) is 3.25. The number of nitrogen functional groups attached to an aromatic ring is 1. The molecule has 2 N–H and O–H groups in total. The lowest BCUT2D eigenvalue weighted by molar-refractivity contribution is 0.00806. The van der Waals surface area contributed by atoms with E-state index in [1.54, 1.807) is 24.3 Å². The molecule has 0 bridgehead atoms. The molecule has 3 heteroatoms. The largest absolute Gasteiger partial charge is 0.459 e. The van der Waals surface area contributed by atoms with Gasteiger partial charge in [-0.15, -0.1) is 0 Å². The molecule has 0 saturated heterocycles. The highest BCUT2D eigenvalue weighted by Crippen LogP contribution is 2.30. The van der Waals surface area contributed by atoms with E-state index in [4.69, 9.17) is 10.5 Å². The SMILES string of the molecule is CC1CC(C)CC(OC(=O)c2ccc(N)cc2)C1. The Morgan fingerprint density at radius 2 is 1.67 bits per heavy atom. The number of benzene rings is 1. The number of nitrogens with two attached hydrogens (primary N) is 1. The Morgan fingerprint density at radius 1 is 1.11 bits per heavy atom. The van der Waals surface area contributed by atoms with E-state index in [1.807, 2.05) is 0 Å². The molecule has 3 nitrogen and oxygen atoms in total. The van der Waals surface area contributed by atoms with E-state index in [0.29, 0.717) is 23.1 Å². The van der Waals surface area contributed by atoms with Crippen molar-refractivity contribution >= 4 is 11.7 Å². The van der Waals surface area contributed by atoms with Crippen molar-refractivity contribution in [3.05, 3.63) is 29.8 Å². The number of hydrogen-bond acceptors (Lipinski definition) is 3. The molecule has 1 aromatic carbocycles. The Kier molecular flexibility index (Phi) is 3.90. The minimum atomic E-state index is -0.235. The Hall–Kier alpha value is -1.51. The van der Waals surface area contributed by atoms with Crippen LogP contribution in [0.3, 0.4) is 0 Å². The number of ether oxygens (including phenoxy) is 1. The van der Waals surface area contributed by atoms with E-state index in [-0.39, 0.29) is 12.1 Å². The summed E-state index contributed by atoms with van der Waals surface area (Å²) in [7, 11) is 0. The fraction of sp³-hybridized carbons (Fsp3) is 0.533. The van der Waals surface area contributed by atoms with Crippen LogP contribution in [0.2, 0.25) is 0 Å². The summed E-state index contributed by atoms with van der Waals surface area (Å²) in [5, 5.41) is 0. The maximum atomic E-state index is 12.0. The highest BCUT2D eigenvalue weighted by Gasteiger charge is 2.26. The van der Waals surface area contributed by atoms with Crippen molar-refractivity contribution in [3.63, 3.8) is 0 Å². The average Bonchev–Trinajstić information content (AvgIpc) is 2.28. The summed E-state index contributed by atoms with van der Waals surface area (Å²) in [5.41, 5.74) is 6.83. The molecule has 2 unspecified atom stereocenters. The zero-order chi connectivity index (χ0) is 13.1. The second-order valence-corrected chi connectivity index (χ2v) is 5.57. The maximum Gasteiger partial charge on any atom is 0.338 e. The molecule has 2 atom stereocenters. The fourth-order valence-electron chi connectivity index (χ4n) is 2.81. The molecule has 0 aliphatic heterocycles. The van der Waals surface area contributed by atoms with Crippen molar-refractivity contribution in [3.8, 4) is 0 Å². The van der Waals surface area contributed by atoms with E-state index in [0.717, 1.165) is 12.8 Å². The Labute approximate surface area is 108 Å². The molecule has 0 radical (unpaired) electrons. The molecule has 98 valence electrons. The third kappa shape index (κ3) is 3.25. The van der Waals surface area contributed by atoms with Crippen molar-refractivity contribution in [1.29, 1.82) is 0 Å². The number of carbonyl (C=O) groups is 1. The van der Waals surface area contributed by atoms with Crippen LogP contribution in [0.1, 0.15) is 43.5 Å². The Bertz CT molecular complexity index is 403. The van der Waals surface area contributed by atoms with Gasteiger partial charge in [-0.1, -0.05) is 13.8 Å². The van der Waals surface area contributed by atoms with Crippen LogP contribution in [-0.2, 0) is 4.74 Å². The van der Waals surface area contributed by atoms with Crippen LogP contribution in [0.5, 0.6) is 0 Å². The van der Waals surface area contributed by atoms with Gasteiger partial charge in [-0.25, -0.2) is 4.79 Å². The quantitative estimate of drug-likeness (QED) is 0.644. The normalized spacial score (nSPS) is 27.8. The summed E-state index contributed by atoms with van der Waals surface area (Å²) in [5.74, 6) is 1.04. The lowest BCUT2D eigenvalue weighted by Gasteiger charge is -2.31. The van der Waals surface area contributed by atoms with Gasteiger partial charge in [0.2, 0.25) is 0 Å². The molecule has 0 amide bonds. The van der Waals surface area contributed by atoms with Crippen LogP contribution in [0.15, 0.2) is 24.3 Å². The van der Waals surface area contributed by atoms with E-state index in [2.05, 4.69) is 13.8 Å². The zero-order valence-corrected chi connectivity index (χ0v) is 11.1. The first-order chi connectivity index (χ1) is 8.54. The standard InChI is InChI=1S/C15H21NO2/c1-10-7-11(2)9-14(8-10)18-15(17)12-3-5-13(16)6-4-12/h3-6,10-11,14H,7-9,16H2,1-2H3. The van der Waals surface area contributed by atoms with Crippen LogP contribution in [0.4, 0.5) is 5.69 Å². The van der Waals surface area contributed by atoms with Crippen LogP contribution < -0.4 is 5.73 Å². The van der Waals surface area contributed by atoms with Crippen molar-refractivity contribution in [2.45, 2.75) is 39.2 Å². The molecule has 18 heavy (non-hydrogen) atoms. The van der Waals surface area contributed by atoms with Crippen LogP contribution in [-0.4, -0.2) is 12.1 Å². The van der Waals surface area contributed by atoms with E-state index in [1.165, 1.54) is 6.42 Å². The molecule has 1 aliphatic carbocycles. The predicted molar refractivity (Wildman–Crippen MR) is 72.2 cm³/mol. The first-order valence-electron chi connectivity index (χ1n) is 6.61.